The lowest BCUT2D eigenvalue weighted by molar-refractivity contribution is 0.590. The van der Waals surface area contributed by atoms with Gasteiger partial charge in [-0.2, -0.15) is 0 Å². The zero-order valence-electron chi connectivity index (χ0n) is 44.1. The Morgan fingerprint density at radius 3 is 1.15 bits per heavy atom. The third kappa shape index (κ3) is 8.71. The molecule has 0 aliphatic rings. The predicted octanol–water partition coefficient (Wildman–Crippen LogP) is 21.4. The van der Waals surface area contributed by atoms with Crippen molar-refractivity contribution < 1.29 is 0 Å². The Morgan fingerprint density at radius 2 is 0.680 bits per heavy atom. The number of hydrogen-bond donors (Lipinski definition) is 0. The molecule has 12 aromatic rings. The van der Waals surface area contributed by atoms with Crippen molar-refractivity contribution in [1.29, 1.82) is 0 Å². The molecule has 2 heteroatoms. The van der Waals surface area contributed by atoms with E-state index in [1.807, 2.05) is 0 Å². The van der Waals surface area contributed by atoms with Gasteiger partial charge in [-0.15, -0.1) is 0 Å². The molecule has 0 saturated carbocycles. The molecule has 0 unspecified atom stereocenters. The van der Waals surface area contributed by atoms with Gasteiger partial charge < -0.3 is 9.80 Å². The summed E-state index contributed by atoms with van der Waals surface area (Å²) >= 11 is 0. The number of nitrogens with zero attached hydrogens (tertiary/aromatic N) is 2. The lowest BCUT2D eigenvalue weighted by Gasteiger charge is -2.31. The maximum absolute atomic E-state index is 4.29. The smallest absolute Gasteiger partial charge is 0.0546 e. The summed E-state index contributed by atoms with van der Waals surface area (Å²) in [5.41, 5.74) is 16.1. The van der Waals surface area contributed by atoms with E-state index in [1.165, 1.54) is 87.2 Å². The molecule has 0 bridgehead atoms. The van der Waals surface area contributed by atoms with Crippen LogP contribution < -0.4 is 9.80 Å². The Balaban J connectivity index is 1.10. The van der Waals surface area contributed by atoms with Crippen LogP contribution in [0.4, 0.5) is 34.1 Å². The van der Waals surface area contributed by atoms with Crippen molar-refractivity contribution in [3.63, 3.8) is 0 Å². The summed E-state index contributed by atoms with van der Waals surface area (Å²) in [5.74, 6) is 0. The van der Waals surface area contributed by atoms with Crippen LogP contribution in [0.15, 0.2) is 243 Å². The molecule has 75 heavy (non-hydrogen) atoms. The molecule has 0 amide bonds. The number of anilines is 6. The van der Waals surface area contributed by atoms with Crippen LogP contribution in [0.5, 0.6) is 0 Å². The minimum Gasteiger partial charge on any atom is -0.310 e. The van der Waals surface area contributed by atoms with E-state index in [1.54, 1.807) is 0 Å². The minimum absolute atomic E-state index is 0.0137. The van der Waals surface area contributed by atoms with Crippen LogP contribution in [0.2, 0.25) is 0 Å². The van der Waals surface area contributed by atoms with Crippen LogP contribution in [-0.4, -0.2) is 0 Å². The Kier molecular flexibility index (Phi) is 11.8. The number of hydrogen-bond acceptors (Lipinski definition) is 2. The Bertz CT molecular complexity index is 4120. The number of benzene rings is 12. The second-order valence-electron chi connectivity index (χ2n) is 22.4. The van der Waals surface area contributed by atoms with Gasteiger partial charge in [-0.3, -0.25) is 0 Å². The summed E-state index contributed by atoms with van der Waals surface area (Å²) in [6.45, 7) is 20.2. The quantitative estimate of drug-likeness (QED) is 0.133. The van der Waals surface area contributed by atoms with Gasteiger partial charge in [0.25, 0.3) is 0 Å². The normalized spacial score (nSPS) is 12.0. The minimum atomic E-state index is -0.0850. The van der Waals surface area contributed by atoms with Gasteiger partial charge in [0.15, 0.2) is 0 Å². The summed E-state index contributed by atoms with van der Waals surface area (Å²) in [6, 6.07) is 88.1. The first kappa shape index (κ1) is 47.3. The summed E-state index contributed by atoms with van der Waals surface area (Å²) in [7, 11) is 0. The summed E-state index contributed by atoms with van der Waals surface area (Å²) in [4.78, 5) is 4.93. The molecule has 0 aliphatic heterocycles. The maximum Gasteiger partial charge on any atom is 0.0546 e. The first-order valence-electron chi connectivity index (χ1n) is 26.3. The molecule has 0 radical (unpaired) electrons. The van der Waals surface area contributed by atoms with Crippen LogP contribution in [0, 0.1) is 0 Å². The first-order valence-corrected chi connectivity index (χ1v) is 26.3. The fourth-order valence-electron chi connectivity index (χ4n) is 11.2. The van der Waals surface area contributed by atoms with Crippen molar-refractivity contribution >= 4 is 93.6 Å². The Hall–Kier alpha value is -8.72. The highest BCUT2D eigenvalue weighted by atomic mass is 15.2. The first-order chi connectivity index (χ1) is 36.3. The predicted molar refractivity (Wildman–Crippen MR) is 326 cm³/mol. The number of fused-ring (bicyclic) bond motifs is 7. The fourth-order valence-corrected chi connectivity index (χ4v) is 11.2. The molecular formula is C73H62N2. The molecule has 0 N–H and O–H groups in total. The average Bonchev–Trinajstić information content (AvgIpc) is 3.43. The molecular weight excluding hydrogens is 905 g/mol. The zero-order chi connectivity index (χ0) is 51.6. The van der Waals surface area contributed by atoms with E-state index in [4.69, 9.17) is 0 Å². The summed E-state index contributed by atoms with van der Waals surface area (Å²) in [5, 5.41) is 12.2. The molecule has 0 aliphatic carbocycles. The lowest BCUT2D eigenvalue weighted by Crippen LogP contribution is -2.14. The van der Waals surface area contributed by atoms with Crippen molar-refractivity contribution in [1.82, 2.24) is 0 Å². The van der Waals surface area contributed by atoms with E-state index in [-0.39, 0.29) is 10.8 Å². The summed E-state index contributed by atoms with van der Waals surface area (Å²) in [6.07, 6.45) is 0. The zero-order valence-corrected chi connectivity index (χ0v) is 44.1. The van der Waals surface area contributed by atoms with E-state index in [9.17, 15) is 0 Å². The molecule has 0 heterocycles. The molecule has 0 spiro atoms. The van der Waals surface area contributed by atoms with Crippen molar-refractivity contribution in [3.8, 4) is 22.3 Å². The highest BCUT2D eigenvalue weighted by molar-refractivity contribution is 6.25. The van der Waals surface area contributed by atoms with Crippen molar-refractivity contribution in [2.75, 3.05) is 9.80 Å². The molecule has 364 valence electrons. The van der Waals surface area contributed by atoms with Gasteiger partial charge in [0.1, 0.15) is 0 Å². The third-order valence-corrected chi connectivity index (χ3v) is 15.3. The van der Waals surface area contributed by atoms with Crippen LogP contribution in [0.3, 0.4) is 0 Å². The molecule has 0 fully saturated rings. The van der Waals surface area contributed by atoms with E-state index >= 15 is 0 Å². The molecule has 2 nitrogen and oxygen atoms in total. The van der Waals surface area contributed by atoms with E-state index in [0.29, 0.717) is 0 Å². The SMILES string of the molecule is C=C(C)c1ccc(N(c2ccc(-c3cccc4ccccc34)cc2)c2cc3c4ccccc4c(N(c4ccc(-c5cccc6ccccc56)cc4)c4ccc(C(C)(C)C)cc4)cc3c3cc(C(C)(C)C)ccc23)cc1. The van der Waals surface area contributed by atoms with Crippen LogP contribution >= 0.6 is 0 Å². The van der Waals surface area contributed by atoms with Gasteiger partial charge in [0.2, 0.25) is 0 Å². The van der Waals surface area contributed by atoms with Crippen LogP contribution in [-0.2, 0) is 10.8 Å². The fraction of sp³-hybridized carbons (Fsp3) is 0.123. The largest absolute Gasteiger partial charge is 0.310 e. The molecule has 0 atom stereocenters. The van der Waals surface area contributed by atoms with Gasteiger partial charge in [0, 0.05) is 33.5 Å². The molecule has 12 rings (SSSR count). The van der Waals surface area contributed by atoms with Crippen LogP contribution in [0.1, 0.15) is 65.2 Å². The maximum atomic E-state index is 4.29. The van der Waals surface area contributed by atoms with Gasteiger partial charge >= 0.3 is 0 Å². The Labute approximate surface area is 442 Å². The second kappa shape index (κ2) is 18.6. The highest BCUT2D eigenvalue weighted by Crippen LogP contribution is 2.49. The third-order valence-electron chi connectivity index (χ3n) is 15.3. The standard InChI is InChI=1S/C73H62N2/c1-48(2)49-27-36-56(37-28-49)74(57-38-29-52(30-39-57)62-25-15-19-50-17-9-11-21-60(50)62)71-46-68-64-23-13-14-24-65(64)70(47-69(68)67-45-55(73(6,7)8)35-44-66(67)71)75(59-42-33-54(34-43-59)72(3,4)5)58-40-31-53(32-41-58)63-26-16-20-51-18-10-12-22-61(51)63/h9-47H,1H2,2-8H3. The van der Waals surface area contributed by atoms with Crippen molar-refractivity contribution in [2.45, 2.75) is 59.3 Å². The van der Waals surface area contributed by atoms with Gasteiger partial charge in [-0.05, 0) is 167 Å². The summed E-state index contributed by atoms with van der Waals surface area (Å²) < 4.78 is 0. The van der Waals surface area contributed by atoms with Crippen LogP contribution in [0.25, 0.3) is 81.7 Å². The topological polar surface area (TPSA) is 6.48 Å². The van der Waals surface area contributed by atoms with E-state index < -0.39 is 0 Å². The van der Waals surface area contributed by atoms with E-state index in [0.717, 1.165) is 45.3 Å². The highest BCUT2D eigenvalue weighted by Gasteiger charge is 2.25. The molecule has 0 saturated heterocycles. The van der Waals surface area contributed by atoms with Gasteiger partial charge in [-0.1, -0.05) is 224 Å². The molecule has 0 aromatic heterocycles. The van der Waals surface area contributed by atoms with Crippen molar-refractivity contribution in [3.05, 3.63) is 260 Å². The second-order valence-corrected chi connectivity index (χ2v) is 22.4. The lowest BCUT2D eigenvalue weighted by atomic mass is 9.84. The van der Waals surface area contributed by atoms with Gasteiger partial charge in [0.05, 0.1) is 11.4 Å². The van der Waals surface area contributed by atoms with E-state index in [2.05, 4.69) is 301 Å². The molecule has 12 aromatic carbocycles. The van der Waals surface area contributed by atoms with Gasteiger partial charge in [-0.25, -0.2) is 0 Å². The average molecular weight is 967 g/mol. The number of allylic oxidation sites excluding steroid dienone is 1. The Morgan fingerprint density at radius 1 is 0.320 bits per heavy atom. The number of rotatable bonds is 9. The monoisotopic (exact) mass is 966 g/mol. The van der Waals surface area contributed by atoms with Crippen molar-refractivity contribution in [2.24, 2.45) is 0 Å².